The topological polar surface area (TPSA) is 96.6 Å². The third-order valence-electron chi connectivity index (χ3n) is 3.21. The van der Waals surface area contributed by atoms with E-state index in [1.165, 1.54) is 13.4 Å². The molecule has 0 spiro atoms. The van der Waals surface area contributed by atoms with E-state index in [9.17, 15) is 9.59 Å². The molecule has 0 radical (unpaired) electrons. The van der Waals surface area contributed by atoms with Gasteiger partial charge in [-0.2, -0.15) is 0 Å². The van der Waals surface area contributed by atoms with Crippen LogP contribution in [0, 0.1) is 0 Å². The van der Waals surface area contributed by atoms with Crippen molar-refractivity contribution in [2.45, 2.75) is 51.4 Å². The van der Waals surface area contributed by atoms with Gasteiger partial charge in [0.25, 0.3) is 5.79 Å². The number of methoxy groups -OCH3 is 1. The van der Waals surface area contributed by atoms with Gasteiger partial charge >= 0.3 is 12.1 Å². The van der Waals surface area contributed by atoms with Crippen LogP contribution in [0.5, 0.6) is 0 Å². The Kier molecular flexibility index (Phi) is 5.16. The summed E-state index contributed by atoms with van der Waals surface area (Å²) in [5.74, 6) is -1.78. The Morgan fingerprint density at radius 1 is 1.29 bits per heavy atom. The molecule has 132 valence electrons. The van der Waals surface area contributed by atoms with E-state index in [0.717, 1.165) is 6.42 Å². The van der Waals surface area contributed by atoms with Gasteiger partial charge < -0.3 is 23.5 Å². The fourth-order valence-electron chi connectivity index (χ4n) is 1.92. The average molecular weight is 339 g/mol. The third-order valence-corrected chi connectivity index (χ3v) is 3.21. The Labute approximate surface area is 139 Å². The predicted molar refractivity (Wildman–Crippen MR) is 82.2 cm³/mol. The van der Waals surface area contributed by atoms with Gasteiger partial charge in [0.05, 0.1) is 13.4 Å². The van der Waals surface area contributed by atoms with Crippen molar-refractivity contribution in [2.75, 3.05) is 7.11 Å². The summed E-state index contributed by atoms with van der Waals surface area (Å²) in [5.41, 5.74) is -0.835. The van der Waals surface area contributed by atoms with Crippen LogP contribution in [0.25, 0.3) is 0 Å². The minimum absolute atomic E-state index is 0.151. The van der Waals surface area contributed by atoms with Crippen molar-refractivity contribution in [3.8, 4) is 0 Å². The van der Waals surface area contributed by atoms with Crippen LogP contribution < -0.4 is 0 Å². The summed E-state index contributed by atoms with van der Waals surface area (Å²) in [4.78, 5) is 29.0. The van der Waals surface area contributed by atoms with Gasteiger partial charge in [-0.1, -0.05) is 5.16 Å². The SMILES string of the molecule is COC(=O)/C(=N\OC1(OC(=O)OC(C)(C)C)CCC1)c1ccco1. The summed E-state index contributed by atoms with van der Waals surface area (Å²) in [6.45, 7) is 5.19. The lowest BCUT2D eigenvalue weighted by atomic mass is 9.91. The van der Waals surface area contributed by atoms with Crippen molar-refractivity contribution in [3.63, 3.8) is 0 Å². The first-order valence-corrected chi connectivity index (χ1v) is 7.55. The minimum atomic E-state index is -1.24. The second-order valence-corrected chi connectivity index (χ2v) is 6.33. The third kappa shape index (κ3) is 4.50. The van der Waals surface area contributed by atoms with Crippen LogP contribution in [0.3, 0.4) is 0 Å². The fraction of sp³-hybridized carbons (Fsp3) is 0.562. The molecular formula is C16H21NO7. The summed E-state index contributed by atoms with van der Waals surface area (Å²) < 4.78 is 20.2. The zero-order valence-electron chi connectivity index (χ0n) is 14.2. The number of carbonyl (C=O) groups is 2. The number of carbonyl (C=O) groups excluding carboxylic acids is 2. The quantitative estimate of drug-likeness (QED) is 0.352. The Balaban J connectivity index is 2.10. The Bertz CT molecular complexity index is 609. The lowest BCUT2D eigenvalue weighted by molar-refractivity contribution is -0.257. The standard InChI is InChI=1S/C16H21NO7/c1-15(2,3)22-14(19)23-16(8-6-9-16)24-17-12(13(18)20-4)11-7-5-10-21-11/h5,7,10H,6,8-9H2,1-4H3/b17-12-. The van der Waals surface area contributed by atoms with Crippen LogP contribution in [0.1, 0.15) is 45.8 Å². The average Bonchev–Trinajstić information content (AvgIpc) is 2.96. The normalized spacial score (nSPS) is 16.8. The van der Waals surface area contributed by atoms with E-state index >= 15 is 0 Å². The molecule has 1 saturated carbocycles. The highest BCUT2D eigenvalue weighted by molar-refractivity contribution is 6.42. The summed E-state index contributed by atoms with van der Waals surface area (Å²) in [5, 5.41) is 3.80. The number of hydrogen-bond donors (Lipinski definition) is 0. The molecule has 1 fully saturated rings. The van der Waals surface area contributed by atoms with Crippen LogP contribution in [0.2, 0.25) is 0 Å². The first-order valence-electron chi connectivity index (χ1n) is 7.55. The summed E-state index contributed by atoms with van der Waals surface area (Å²) in [6, 6.07) is 3.14. The molecule has 24 heavy (non-hydrogen) atoms. The highest BCUT2D eigenvalue weighted by Gasteiger charge is 2.46. The van der Waals surface area contributed by atoms with Crippen molar-refractivity contribution in [2.24, 2.45) is 5.16 Å². The van der Waals surface area contributed by atoms with Crippen molar-refractivity contribution >= 4 is 17.8 Å². The van der Waals surface area contributed by atoms with E-state index in [1.54, 1.807) is 32.9 Å². The molecule has 0 amide bonds. The molecule has 0 saturated heterocycles. The van der Waals surface area contributed by atoms with E-state index in [4.69, 9.17) is 18.7 Å². The van der Waals surface area contributed by atoms with Gasteiger partial charge in [0, 0.05) is 12.8 Å². The lowest BCUT2D eigenvalue weighted by Gasteiger charge is -2.37. The Hall–Kier alpha value is -2.51. The second-order valence-electron chi connectivity index (χ2n) is 6.33. The Morgan fingerprint density at radius 3 is 2.46 bits per heavy atom. The number of oxime groups is 1. The maximum atomic E-state index is 11.8. The smallest absolute Gasteiger partial charge is 0.464 e. The monoisotopic (exact) mass is 339 g/mol. The maximum absolute atomic E-state index is 11.8. The molecule has 1 aliphatic rings. The summed E-state index contributed by atoms with van der Waals surface area (Å²) in [6.07, 6.45) is 2.23. The van der Waals surface area contributed by atoms with Crippen molar-refractivity contribution < 1.29 is 33.1 Å². The van der Waals surface area contributed by atoms with Gasteiger partial charge in [0.2, 0.25) is 5.71 Å². The first kappa shape index (κ1) is 17.8. The molecule has 0 unspecified atom stereocenters. The molecular weight excluding hydrogens is 318 g/mol. The molecule has 1 aromatic heterocycles. The molecule has 0 bridgehead atoms. The van der Waals surface area contributed by atoms with E-state index in [2.05, 4.69) is 9.89 Å². The first-order chi connectivity index (χ1) is 11.2. The Morgan fingerprint density at radius 2 is 2.00 bits per heavy atom. The van der Waals surface area contributed by atoms with Crippen LogP contribution in [-0.4, -0.2) is 36.3 Å². The molecule has 0 atom stereocenters. The molecule has 0 aromatic carbocycles. The van der Waals surface area contributed by atoms with E-state index in [0.29, 0.717) is 12.8 Å². The highest BCUT2D eigenvalue weighted by Crippen LogP contribution is 2.38. The van der Waals surface area contributed by atoms with Crippen molar-refractivity contribution in [1.29, 1.82) is 0 Å². The van der Waals surface area contributed by atoms with Gasteiger partial charge in [-0.15, -0.1) is 0 Å². The second kappa shape index (κ2) is 6.94. The lowest BCUT2D eigenvalue weighted by Crippen LogP contribution is -2.45. The maximum Gasteiger partial charge on any atom is 0.512 e. The molecule has 8 heteroatoms. The van der Waals surface area contributed by atoms with Crippen molar-refractivity contribution in [3.05, 3.63) is 24.2 Å². The molecule has 0 N–H and O–H groups in total. The largest absolute Gasteiger partial charge is 0.512 e. The van der Waals surface area contributed by atoms with Gasteiger partial charge in [-0.3, -0.25) is 0 Å². The van der Waals surface area contributed by atoms with Crippen LogP contribution in [-0.2, 0) is 23.8 Å². The number of nitrogens with zero attached hydrogens (tertiary/aromatic N) is 1. The van der Waals surface area contributed by atoms with Crippen LogP contribution in [0.15, 0.2) is 28.0 Å². The summed E-state index contributed by atoms with van der Waals surface area (Å²) in [7, 11) is 1.22. The summed E-state index contributed by atoms with van der Waals surface area (Å²) >= 11 is 0. The molecule has 8 nitrogen and oxygen atoms in total. The predicted octanol–water partition coefficient (Wildman–Crippen LogP) is 3.01. The molecule has 2 rings (SSSR count). The number of hydrogen-bond acceptors (Lipinski definition) is 8. The zero-order valence-corrected chi connectivity index (χ0v) is 14.2. The van der Waals surface area contributed by atoms with E-state index in [-0.39, 0.29) is 11.5 Å². The molecule has 1 aliphatic carbocycles. The number of esters is 1. The zero-order chi connectivity index (χ0) is 17.8. The number of rotatable bonds is 5. The van der Waals surface area contributed by atoms with Crippen LogP contribution in [0.4, 0.5) is 4.79 Å². The van der Waals surface area contributed by atoms with Gasteiger partial charge in [-0.25, -0.2) is 9.59 Å². The van der Waals surface area contributed by atoms with Crippen molar-refractivity contribution in [1.82, 2.24) is 0 Å². The van der Waals surface area contributed by atoms with E-state index in [1.807, 2.05) is 0 Å². The molecule has 1 aromatic rings. The van der Waals surface area contributed by atoms with Crippen LogP contribution >= 0.6 is 0 Å². The number of furan rings is 1. The number of ether oxygens (including phenoxy) is 3. The fourth-order valence-corrected chi connectivity index (χ4v) is 1.92. The van der Waals surface area contributed by atoms with Gasteiger partial charge in [0.15, 0.2) is 5.76 Å². The highest BCUT2D eigenvalue weighted by atomic mass is 16.8. The minimum Gasteiger partial charge on any atom is -0.464 e. The molecule has 0 aliphatic heterocycles. The van der Waals surface area contributed by atoms with E-state index < -0.39 is 23.5 Å². The van der Waals surface area contributed by atoms with Gasteiger partial charge in [0.1, 0.15) is 5.60 Å². The van der Waals surface area contributed by atoms with Gasteiger partial charge in [-0.05, 0) is 39.3 Å². The molecule has 1 heterocycles.